The van der Waals surface area contributed by atoms with Gasteiger partial charge in [-0.05, 0) is 54.8 Å². The van der Waals surface area contributed by atoms with E-state index in [4.69, 9.17) is 26.2 Å². The Kier molecular flexibility index (Phi) is 6.89. The molecule has 0 aliphatic carbocycles. The molecule has 0 saturated heterocycles. The fraction of sp³-hybridized carbons (Fsp3) is 0.375. The first kappa shape index (κ1) is 22.5. The highest BCUT2D eigenvalue weighted by molar-refractivity contribution is 6.31. The maximum Gasteiger partial charge on any atom is 0.410 e. The van der Waals surface area contributed by atoms with Crippen molar-refractivity contribution in [2.24, 2.45) is 0 Å². The number of aromatic amines is 1. The van der Waals surface area contributed by atoms with Crippen LogP contribution < -0.4 is 4.74 Å². The van der Waals surface area contributed by atoms with E-state index in [1.807, 2.05) is 42.5 Å². The quantitative estimate of drug-likeness (QED) is 0.496. The van der Waals surface area contributed by atoms with Crippen molar-refractivity contribution >= 4 is 28.6 Å². The Labute approximate surface area is 191 Å². The maximum absolute atomic E-state index is 12.8. The zero-order valence-corrected chi connectivity index (χ0v) is 18.6. The van der Waals surface area contributed by atoms with Crippen molar-refractivity contribution in [3.8, 4) is 5.75 Å². The van der Waals surface area contributed by atoms with E-state index in [2.05, 4.69) is 4.98 Å². The van der Waals surface area contributed by atoms with Gasteiger partial charge in [-0.15, -0.1) is 0 Å². The summed E-state index contributed by atoms with van der Waals surface area (Å²) in [4.78, 5) is 18.0. The van der Waals surface area contributed by atoms with Gasteiger partial charge < -0.3 is 24.7 Å². The van der Waals surface area contributed by atoms with Crippen LogP contribution in [0.1, 0.15) is 36.2 Å². The summed E-state index contributed by atoms with van der Waals surface area (Å²) in [6, 6.07) is 13.0. The lowest BCUT2D eigenvalue weighted by molar-refractivity contribution is 0.0754. The van der Waals surface area contributed by atoms with Crippen LogP contribution in [0.4, 0.5) is 4.79 Å². The van der Waals surface area contributed by atoms with Gasteiger partial charge in [0.1, 0.15) is 11.8 Å². The highest BCUT2D eigenvalue weighted by atomic mass is 35.5. The number of fused-ring (bicyclic) bond motifs is 3. The van der Waals surface area contributed by atoms with E-state index in [1.54, 1.807) is 11.8 Å². The Morgan fingerprint density at radius 2 is 2.06 bits per heavy atom. The first-order valence-electron chi connectivity index (χ1n) is 10.8. The van der Waals surface area contributed by atoms with E-state index in [-0.39, 0.29) is 18.7 Å². The van der Waals surface area contributed by atoms with Crippen molar-refractivity contribution in [2.75, 3.05) is 26.4 Å². The number of nitrogens with one attached hydrogen (secondary N) is 1. The van der Waals surface area contributed by atoms with Crippen LogP contribution in [0.15, 0.2) is 42.5 Å². The Balaban J connectivity index is 1.66. The first-order valence-corrected chi connectivity index (χ1v) is 11.1. The third-order valence-corrected chi connectivity index (χ3v) is 5.95. The van der Waals surface area contributed by atoms with Gasteiger partial charge >= 0.3 is 6.09 Å². The minimum atomic E-state index is -0.788. The fourth-order valence-electron chi connectivity index (χ4n) is 4.16. The SMILES string of the molecule is CCOC(=O)N1CCc2c([nH]c3ccc(Cl)cc23)[C@@H]1c1ccc(OCC[C@H](O)CO)cc1. The predicted molar refractivity (Wildman–Crippen MR) is 122 cm³/mol. The number of benzene rings is 2. The average molecular weight is 459 g/mol. The summed E-state index contributed by atoms with van der Waals surface area (Å²) in [5.41, 5.74) is 4.03. The number of H-pyrrole nitrogens is 1. The molecular weight excluding hydrogens is 432 g/mol. The number of hydrogen-bond acceptors (Lipinski definition) is 5. The second kappa shape index (κ2) is 9.81. The molecule has 1 aliphatic rings. The molecule has 1 amide bonds. The number of aromatic nitrogens is 1. The van der Waals surface area contributed by atoms with Crippen molar-refractivity contribution in [1.82, 2.24) is 9.88 Å². The Morgan fingerprint density at radius 3 is 2.78 bits per heavy atom. The van der Waals surface area contributed by atoms with Crippen LogP contribution in [0.2, 0.25) is 5.02 Å². The summed E-state index contributed by atoms with van der Waals surface area (Å²) in [6.45, 7) is 2.65. The number of aliphatic hydroxyl groups excluding tert-OH is 2. The molecule has 170 valence electrons. The van der Waals surface area contributed by atoms with Crippen LogP contribution in [-0.2, 0) is 11.2 Å². The summed E-state index contributed by atoms with van der Waals surface area (Å²) in [7, 11) is 0. The zero-order chi connectivity index (χ0) is 22.7. The van der Waals surface area contributed by atoms with E-state index in [9.17, 15) is 9.90 Å². The third-order valence-electron chi connectivity index (χ3n) is 5.72. The normalized spacial score (nSPS) is 16.6. The third kappa shape index (κ3) is 4.55. The lowest BCUT2D eigenvalue weighted by Gasteiger charge is -2.35. The van der Waals surface area contributed by atoms with Crippen molar-refractivity contribution < 1.29 is 24.5 Å². The van der Waals surface area contributed by atoms with E-state index in [0.29, 0.717) is 43.4 Å². The molecule has 0 bridgehead atoms. The van der Waals surface area contributed by atoms with E-state index >= 15 is 0 Å². The lowest BCUT2D eigenvalue weighted by atomic mass is 9.92. The van der Waals surface area contributed by atoms with Gasteiger partial charge in [0.05, 0.1) is 25.9 Å². The molecule has 3 aromatic rings. The number of rotatable bonds is 7. The first-order chi connectivity index (χ1) is 15.5. The molecule has 1 aromatic heterocycles. The molecule has 0 unspecified atom stereocenters. The summed E-state index contributed by atoms with van der Waals surface area (Å²) < 4.78 is 11.0. The van der Waals surface area contributed by atoms with Crippen molar-refractivity contribution in [3.05, 3.63) is 64.3 Å². The van der Waals surface area contributed by atoms with Crippen LogP contribution >= 0.6 is 11.6 Å². The number of hydrogen-bond donors (Lipinski definition) is 3. The van der Waals surface area contributed by atoms with E-state index in [0.717, 1.165) is 27.7 Å². The Hall–Kier alpha value is -2.74. The van der Waals surface area contributed by atoms with Gasteiger partial charge in [0.2, 0.25) is 0 Å². The van der Waals surface area contributed by atoms with Crippen LogP contribution in [-0.4, -0.2) is 58.7 Å². The number of carbonyl (C=O) groups is 1. The summed E-state index contributed by atoms with van der Waals surface area (Å²) in [5, 5.41) is 20.1. The van der Waals surface area contributed by atoms with Crippen molar-refractivity contribution in [3.63, 3.8) is 0 Å². The number of amides is 1. The van der Waals surface area contributed by atoms with E-state index < -0.39 is 6.10 Å². The second-order valence-electron chi connectivity index (χ2n) is 7.79. The molecule has 3 N–H and O–H groups in total. The number of carbonyl (C=O) groups excluding carboxylic acids is 1. The number of nitrogens with zero attached hydrogens (tertiary/aromatic N) is 1. The Bertz CT molecular complexity index is 1080. The van der Waals surface area contributed by atoms with Crippen LogP contribution in [0.25, 0.3) is 10.9 Å². The highest BCUT2D eigenvalue weighted by Crippen LogP contribution is 2.39. The number of ether oxygens (including phenoxy) is 2. The zero-order valence-electron chi connectivity index (χ0n) is 17.9. The van der Waals surface area contributed by atoms with Crippen LogP contribution in [0, 0.1) is 0 Å². The maximum atomic E-state index is 12.8. The molecule has 1 aliphatic heterocycles. The number of aliphatic hydroxyl groups is 2. The molecule has 0 fully saturated rings. The molecule has 2 atom stereocenters. The predicted octanol–water partition coefficient (Wildman–Crippen LogP) is 4.05. The molecule has 0 saturated carbocycles. The van der Waals surface area contributed by atoms with Gasteiger partial charge in [0.15, 0.2) is 0 Å². The molecule has 0 radical (unpaired) electrons. The van der Waals surface area contributed by atoms with Crippen LogP contribution in [0.5, 0.6) is 5.75 Å². The van der Waals surface area contributed by atoms with Gasteiger partial charge in [0, 0.05) is 34.6 Å². The topological polar surface area (TPSA) is 95.0 Å². The van der Waals surface area contributed by atoms with Gasteiger partial charge in [-0.25, -0.2) is 4.79 Å². The second-order valence-corrected chi connectivity index (χ2v) is 8.23. The van der Waals surface area contributed by atoms with Gasteiger partial charge in [-0.3, -0.25) is 4.90 Å². The molecule has 2 heterocycles. The highest BCUT2D eigenvalue weighted by Gasteiger charge is 2.35. The largest absolute Gasteiger partial charge is 0.493 e. The molecule has 7 nitrogen and oxygen atoms in total. The van der Waals surface area contributed by atoms with E-state index in [1.165, 1.54) is 0 Å². The summed E-state index contributed by atoms with van der Waals surface area (Å²) >= 11 is 6.24. The molecular formula is C24H27ClN2O5. The molecule has 0 spiro atoms. The lowest BCUT2D eigenvalue weighted by Crippen LogP contribution is -2.40. The Morgan fingerprint density at radius 1 is 1.28 bits per heavy atom. The number of halogens is 1. The fourth-order valence-corrected chi connectivity index (χ4v) is 4.33. The summed E-state index contributed by atoms with van der Waals surface area (Å²) in [6.07, 6.45) is -0.0838. The average Bonchev–Trinajstić information content (AvgIpc) is 3.17. The molecule has 8 heteroatoms. The molecule has 4 rings (SSSR count). The van der Waals surface area contributed by atoms with Gasteiger partial charge in [-0.2, -0.15) is 0 Å². The smallest absolute Gasteiger partial charge is 0.410 e. The van der Waals surface area contributed by atoms with Crippen molar-refractivity contribution in [2.45, 2.75) is 31.9 Å². The van der Waals surface area contributed by atoms with Crippen molar-refractivity contribution in [1.29, 1.82) is 0 Å². The minimum Gasteiger partial charge on any atom is -0.493 e. The monoisotopic (exact) mass is 458 g/mol. The standard InChI is InChI=1S/C24H27ClN2O5/c1-2-31-24(30)27-11-9-19-20-13-16(25)5-8-21(20)26-22(19)23(27)15-3-6-18(7-4-15)32-12-10-17(29)14-28/h3-8,13,17,23,26,28-29H,2,9-12,14H2,1H3/t17-,23-/m0/s1. The molecule has 32 heavy (non-hydrogen) atoms. The molecule has 2 aromatic carbocycles. The summed E-state index contributed by atoms with van der Waals surface area (Å²) in [5.74, 6) is 0.654. The van der Waals surface area contributed by atoms with Gasteiger partial charge in [0.25, 0.3) is 0 Å². The minimum absolute atomic E-state index is 0.286. The van der Waals surface area contributed by atoms with Crippen LogP contribution in [0.3, 0.4) is 0 Å². The van der Waals surface area contributed by atoms with Gasteiger partial charge in [-0.1, -0.05) is 23.7 Å².